The smallest absolute Gasteiger partial charge is 0.268 e. The Morgan fingerprint density at radius 2 is 2.11 bits per heavy atom. The summed E-state index contributed by atoms with van der Waals surface area (Å²) >= 11 is 0. The maximum absolute atomic E-state index is 11.9. The van der Waals surface area contributed by atoms with E-state index < -0.39 is 12.0 Å². The van der Waals surface area contributed by atoms with Crippen LogP contribution in [0.2, 0.25) is 0 Å². The van der Waals surface area contributed by atoms with Crippen LogP contribution in [0.3, 0.4) is 0 Å². The number of aromatic nitrogens is 1. The number of aliphatic hydroxyl groups is 1. The van der Waals surface area contributed by atoms with E-state index in [9.17, 15) is 14.7 Å². The molecule has 0 saturated heterocycles. The lowest BCUT2D eigenvalue weighted by atomic mass is 10.1. The minimum Gasteiger partial charge on any atom is -0.391 e. The summed E-state index contributed by atoms with van der Waals surface area (Å²) in [7, 11) is 1.66. The van der Waals surface area contributed by atoms with Crippen molar-refractivity contribution >= 4 is 11.8 Å². The predicted octanol–water partition coefficient (Wildman–Crippen LogP) is 0.261. The van der Waals surface area contributed by atoms with Crippen LogP contribution in [-0.2, 0) is 7.05 Å². The molecule has 0 aliphatic carbocycles. The normalized spacial score (nSPS) is 12.5. The van der Waals surface area contributed by atoms with Crippen LogP contribution in [0.25, 0.3) is 0 Å². The first-order valence-corrected chi connectivity index (χ1v) is 6.23. The fourth-order valence-corrected chi connectivity index (χ4v) is 1.85. The lowest BCUT2D eigenvalue weighted by Crippen LogP contribution is -2.33. The Balaban J connectivity index is 2.61. The second-order valence-electron chi connectivity index (χ2n) is 5.08. The van der Waals surface area contributed by atoms with Gasteiger partial charge in [-0.15, -0.1) is 0 Å². The highest BCUT2D eigenvalue weighted by Crippen LogP contribution is 2.07. The van der Waals surface area contributed by atoms with Crippen molar-refractivity contribution in [3.8, 4) is 0 Å². The van der Waals surface area contributed by atoms with E-state index in [1.165, 1.54) is 16.8 Å². The Labute approximate surface area is 112 Å². The number of primary amides is 1. The van der Waals surface area contributed by atoms with E-state index in [1.54, 1.807) is 7.05 Å². The number of rotatable bonds is 6. The molecule has 2 amide bonds. The number of hydrogen-bond acceptors (Lipinski definition) is 3. The summed E-state index contributed by atoms with van der Waals surface area (Å²) in [5.74, 6) is -0.546. The number of carbonyl (C=O) groups excluding carboxylic acids is 2. The zero-order valence-electron chi connectivity index (χ0n) is 11.5. The van der Waals surface area contributed by atoms with Crippen molar-refractivity contribution < 1.29 is 14.7 Å². The molecule has 19 heavy (non-hydrogen) atoms. The molecule has 6 nitrogen and oxygen atoms in total. The summed E-state index contributed by atoms with van der Waals surface area (Å²) in [6.07, 6.45) is 1.56. The highest BCUT2D eigenvalue weighted by atomic mass is 16.3. The second kappa shape index (κ2) is 6.38. The van der Waals surface area contributed by atoms with Gasteiger partial charge in [-0.05, 0) is 18.4 Å². The molecule has 0 aliphatic heterocycles. The number of nitrogens with zero attached hydrogens (tertiary/aromatic N) is 1. The summed E-state index contributed by atoms with van der Waals surface area (Å²) in [5.41, 5.74) is 5.78. The van der Waals surface area contributed by atoms with Gasteiger partial charge in [0.15, 0.2) is 0 Å². The number of carbonyl (C=O) groups is 2. The first kappa shape index (κ1) is 15.2. The highest BCUT2D eigenvalue weighted by Gasteiger charge is 2.15. The van der Waals surface area contributed by atoms with E-state index in [2.05, 4.69) is 5.32 Å². The number of hydrogen-bond donors (Lipinski definition) is 3. The van der Waals surface area contributed by atoms with E-state index in [4.69, 9.17) is 5.73 Å². The average Bonchev–Trinajstić information content (AvgIpc) is 2.67. The Hall–Kier alpha value is -1.82. The third-order valence-electron chi connectivity index (χ3n) is 2.76. The van der Waals surface area contributed by atoms with Crippen LogP contribution in [0.4, 0.5) is 0 Å². The molecule has 0 fully saturated rings. The maximum atomic E-state index is 11.9. The van der Waals surface area contributed by atoms with Gasteiger partial charge in [0.1, 0.15) is 5.69 Å². The van der Waals surface area contributed by atoms with Crippen LogP contribution in [0.15, 0.2) is 12.3 Å². The van der Waals surface area contributed by atoms with Crippen LogP contribution in [0.5, 0.6) is 0 Å². The van der Waals surface area contributed by atoms with Crippen molar-refractivity contribution in [2.75, 3.05) is 6.54 Å². The minimum atomic E-state index is -0.575. The molecule has 0 radical (unpaired) electrons. The minimum absolute atomic E-state index is 0.189. The van der Waals surface area contributed by atoms with Crippen molar-refractivity contribution in [3.05, 3.63) is 23.5 Å². The third kappa shape index (κ3) is 4.40. The molecule has 1 aromatic rings. The van der Waals surface area contributed by atoms with Gasteiger partial charge in [0.25, 0.3) is 5.91 Å². The summed E-state index contributed by atoms with van der Waals surface area (Å²) in [4.78, 5) is 22.9. The zero-order chi connectivity index (χ0) is 14.6. The highest BCUT2D eigenvalue weighted by molar-refractivity contribution is 5.98. The Morgan fingerprint density at radius 3 is 2.58 bits per heavy atom. The largest absolute Gasteiger partial charge is 0.391 e. The van der Waals surface area contributed by atoms with Crippen LogP contribution in [0.1, 0.15) is 41.1 Å². The number of aliphatic hydroxyl groups excluding tert-OH is 1. The molecule has 1 atom stereocenters. The third-order valence-corrected chi connectivity index (χ3v) is 2.76. The van der Waals surface area contributed by atoms with Crippen LogP contribution in [0, 0.1) is 5.92 Å². The molecule has 0 aliphatic rings. The van der Waals surface area contributed by atoms with Gasteiger partial charge in [-0.25, -0.2) is 0 Å². The van der Waals surface area contributed by atoms with Crippen LogP contribution in [-0.4, -0.2) is 34.1 Å². The molecule has 1 rings (SSSR count). The molecular formula is C13H21N3O3. The van der Waals surface area contributed by atoms with Crippen molar-refractivity contribution in [1.29, 1.82) is 0 Å². The zero-order valence-corrected chi connectivity index (χ0v) is 11.5. The number of aryl methyl sites for hydroxylation is 1. The molecule has 0 bridgehead atoms. The molecule has 1 heterocycles. The van der Waals surface area contributed by atoms with Crippen molar-refractivity contribution in [2.24, 2.45) is 18.7 Å². The molecule has 4 N–H and O–H groups in total. The Bertz CT molecular complexity index is 466. The molecule has 6 heteroatoms. The lowest BCUT2D eigenvalue weighted by molar-refractivity contribution is 0.0892. The SMILES string of the molecule is CC(C)CC(O)CNC(=O)c1cc(C(N)=O)cn1C. The van der Waals surface area contributed by atoms with Crippen LogP contribution < -0.4 is 11.1 Å². The maximum Gasteiger partial charge on any atom is 0.268 e. The molecule has 0 spiro atoms. The summed E-state index contributed by atoms with van der Waals surface area (Å²) in [5, 5.41) is 12.3. The number of nitrogens with two attached hydrogens (primary N) is 1. The topological polar surface area (TPSA) is 97.3 Å². The Morgan fingerprint density at radius 1 is 1.47 bits per heavy atom. The van der Waals surface area contributed by atoms with Crippen molar-refractivity contribution in [2.45, 2.75) is 26.4 Å². The molecule has 0 saturated carbocycles. The summed E-state index contributed by atoms with van der Waals surface area (Å²) < 4.78 is 1.53. The van der Waals surface area contributed by atoms with Gasteiger partial charge in [-0.2, -0.15) is 0 Å². The molecular weight excluding hydrogens is 246 g/mol. The predicted molar refractivity (Wildman–Crippen MR) is 71.7 cm³/mol. The summed E-state index contributed by atoms with van der Waals surface area (Å²) in [6, 6.07) is 1.44. The van der Waals surface area contributed by atoms with Crippen LogP contribution >= 0.6 is 0 Å². The molecule has 1 aromatic heterocycles. The summed E-state index contributed by atoms with van der Waals surface area (Å²) in [6.45, 7) is 4.19. The monoisotopic (exact) mass is 267 g/mol. The molecule has 106 valence electrons. The van der Waals surface area contributed by atoms with Gasteiger partial charge in [0.2, 0.25) is 5.91 Å². The fourth-order valence-electron chi connectivity index (χ4n) is 1.85. The van der Waals surface area contributed by atoms with E-state index >= 15 is 0 Å². The second-order valence-corrected chi connectivity index (χ2v) is 5.08. The van der Waals surface area contributed by atoms with E-state index in [-0.39, 0.29) is 18.0 Å². The fraction of sp³-hybridized carbons (Fsp3) is 0.538. The van der Waals surface area contributed by atoms with E-state index in [0.717, 1.165) is 0 Å². The standard InChI is InChI=1S/C13H21N3O3/c1-8(2)4-10(17)6-15-13(19)11-5-9(12(14)18)7-16(11)3/h5,7-8,10,17H,4,6H2,1-3H3,(H2,14,18)(H,15,19). The van der Waals surface area contributed by atoms with Crippen molar-refractivity contribution in [1.82, 2.24) is 9.88 Å². The van der Waals surface area contributed by atoms with E-state index in [0.29, 0.717) is 18.0 Å². The first-order chi connectivity index (χ1) is 8.81. The van der Waals surface area contributed by atoms with Gasteiger partial charge >= 0.3 is 0 Å². The van der Waals surface area contributed by atoms with Gasteiger partial charge < -0.3 is 20.7 Å². The van der Waals surface area contributed by atoms with Gasteiger partial charge in [0.05, 0.1) is 11.7 Å². The van der Waals surface area contributed by atoms with Gasteiger partial charge in [-0.1, -0.05) is 13.8 Å². The lowest BCUT2D eigenvalue weighted by Gasteiger charge is -2.13. The first-order valence-electron chi connectivity index (χ1n) is 6.23. The van der Waals surface area contributed by atoms with Gasteiger partial charge in [0, 0.05) is 19.8 Å². The van der Waals surface area contributed by atoms with Crippen molar-refractivity contribution in [3.63, 3.8) is 0 Å². The van der Waals surface area contributed by atoms with Gasteiger partial charge in [-0.3, -0.25) is 9.59 Å². The van der Waals surface area contributed by atoms with E-state index in [1.807, 2.05) is 13.8 Å². The number of amides is 2. The number of nitrogens with one attached hydrogen (secondary N) is 1. The average molecular weight is 267 g/mol. The quantitative estimate of drug-likeness (QED) is 0.689. The molecule has 1 unspecified atom stereocenters. The molecule has 0 aromatic carbocycles. The Kier molecular flexibility index (Phi) is 5.11.